The predicted octanol–water partition coefficient (Wildman–Crippen LogP) is 2.36. The lowest BCUT2D eigenvalue weighted by atomic mass is 10.3. The molecule has 17 heavy (non-hydrogen) atoms. The lowest BCUT2D eigenvalue weighted by Gasteiger charge is -2.07. The average molecular weight is 229 g/mol. The molecule has 0 radical (unpaired) electrons. The summed E-state index contributed by atoms with van der Waals surface area (Å²) in [6.45, 7) is 1.53. The van der Waals surface area contributed by atoms with Gasteiger partial charge < -0.3 is 10.1 Å². The predicted molar refractivity (Wildman–Crippen MR) is 67.1 cm³/mol. The van der Waals surface area contributed by atoms with Gasteiger partial charge in [0.2, 0.25) is 0 Å². The third kappa shape index (κ3) is 4.10. The van der Waals surface area contributed by atoms with E-state index in [0.717, 1.165) is 24.5 Å². The van der Waals surface area contributed by atoms with Gasteiger partial charge in [0, 0.05) is 12.7 Å². The van der Waals surface area contributed by atoms with Crippen molar-refractivity contribution >= 4 is 5.82 Å². The van der Waals surface area contributed by atoms with Gasteiger partial charge in [-0.2, -0.15) is 0 Å². The Morgan fingerprint density at radius 1 is 1.12 bits per heavy atom. The fraction of sp³-hybridized carbons (Fsp3) is 0.231. The first-order chi connectivity index (χ1) is 8.45. The number of aromatic nitrogens is 2. The summed E-state index contributed by atoms with van der Waals surface area (Å²) in [5.41, 5.74) is 0. The highest BCUT2D eigenvalue weighted by Gasteiger charge is 1.93. The molecule has 0 aliphatic rings. The zero-order valence-corrected chi connectivity index (χ0v) is 9.54. The Morgan fingerprint density at radius 3 is 2.76 bits per heavy atom. The number of nitrogens with zero attached hydrogens (tertiary/aromatic N) is 2. The van der Waals surface area contributed by atoms with E-state index < -0.39 is 0 Å². The molecule has 0 saturated carbocycles. The van der Waals surface area contributed by atoms with Crippen molar-refractivity contribution < 1.29 is 4.74 Å². The van der Waals surface area contributed by atoms with Gasteiger partial charge in [0.15, 0.2) is 0 Å². The van der Waals surface area contributed by atoms with Gasteiger partial charge in [0.25, 0.3) is 0 Å². The molecule has 1 aromatic carbocycles. The summed E-state index contributed by atoms with van der Waals surface area (Å²) >= 11 is 0. The SMILES string of the molecule is c1ccc(OCCCNc2ccncn2)cc1. The molecule has 0 spiro atoms. The van der Waals surface area contributed by atoms with E-state index in [1.54, 1.807) is 6.20 Å². The highest BCUT2D eigenvalue weighted by atomic mass is 16.5. The first kappa shape index (κ1) is 11.4. The van der Waals surface area contributed by atoms with Crippen molar-refractivity contribution in [1.82, 2.24) is 9.97 Å². The van der Waals surface area contributed by atoms with Crippen LogP contribution in [-0.2, 0) is 0 Å². The first-order valence-electron chi connectivity index (χ1n) is 5.63. The van der Waals surface area contributed by atoms with E-state index in [1.165, 1.54) is 6.33 Å². The number of benzene rings is 1. The van der Waals surface area contributed by atoms with Crippen LogP contribution in [-0.4, -0.2) is 23.1 Å². The monoisotopic (exact) mass is 229 g/mol. The fourth-order valence-corrected chi connectivity index (χ4v) is 1.39. The molecule has 0 bridgehead atoms. The normalized spacial score (nSPS) is 9.88. The van der Waals surface area contributed by atoms with Crippen molar-refractivity contribution in [3.8, 4) is 5.75 Å². The second kappa shape index (κ2) is 6.48. The maximum Gasteiger partial charge on any atom is 0.129 e. The van der Waals surface area contributed by atoms with Crippen molar-refractivity contribution in [2.24, 2.45) is 0 Å². The molecule has 0 aliphatic carbocycles. The van der Waals surface area contributed by atoms with E-state index in [1.807, 2.05) is 36.4 Å². The minimum Gasteiger partial charge on any atom is -0.494 e. The Labute approximate surface area is 101 Å². The number of nitrogens with one attached hydrogen (secondary N) is 1. The highest BCUT2D eigenvalue weighted by Crippen LogP contribution is 2.08. The zero-order chi connectivity index (χ0) is 11.8. The molecule has 0 amide bonds. The Kier molecular flexibility index (Phi) is 4.34. The summed E-state index contributed by atoms with van der Waals surface area (Å²) in [5, 5.41) is 3.20. The average Bonchev–Trinajstić information content (AvgIpc) is 2.41. The number of rotatable bonds is 6. The molecule has 4 heteroatoms. The van der Waals surface area contributed by atoms with Crippen LogP contribution < -0.4 is 10.1 Å². The third-order valence-electron chi connectivity index (χ3n) is 2.22. The Balaban J connectivity index is 1.61. The molecular weight excluding hydrogens is 214 g/mol. The molecule has 2 rings (SSSR count). The van der Waals surface area contributed by atoms with Crippen LogP contribution in [0.1, 0.15) is 6.42 Å². The summed E-state index contributed by atoms with van der Waals surface area (Å²) in [4.78, 5) is 7.93. The summed E-state index contributed by atoms with van der Waals surface area (Å²) in [6, 6.07) is 11.7. The summed E-state index contributed by atoms with van der Waals surface area (Å²) in [5.74, 6) is 1.76. The lowest BCUT2D eigenvalue weighted by Crippen LogP contribution is -2.08. The van der Waals surface area contributed by atoms with E-state index >= 15 is 0 Å². The lowest BCUT2D eigenvalue weighted by molar-refractivity contribution is 0.315. The molecule has 2 aromatic rings. The first-order valence-corrected chi connectivity index (χ1v) is 5.63. The van der Waals surface area contributed by atoms with Gasteiger partial charge in [-0.05, 0) is 24.6 Å². The van der Waals surface area contributed by atoms with Crippen molar-refractivity contribution in [1.29, 1.82) is 0 Å². The fourth-order valence-electron chi connectivity index (χ4n) is 1.39. The largest absolute Gasteiger partial charge is 0.494 e. The Morgan fingerprint density at radius 2 is 2.00 bits per heavy atom. The molecule has 1 aromatic heterocycles. The van der Waals surface area contributed by atoms with E-state index in [-0.39, 0.29) is 0 Å². The minimum atomic E-state index is 0.697. The molecule has 0 aliphatic heterocycles. The van der Waals surface area contributed by atoms with Crippen LogP contribution in [0.5, 0.6) is 5.75 Å². The van der Waals surface area contributed by atoms with Gasteiger partial charge in [-0.1, -0.05) is 18.2 Å². The maximum absolute atomic E-state index is 5.57. The van der Waals surface area contributed by atoms with Crippen molar-refractivity contribution in [2.45, 2.75) is 6.42 Å². The molecule has 4 nitrogen and oxygen atoms in total. The highest BCUT2D eigenvalue weighted by molar-refractivity contribution is 5.31. The van der Waals surface area contributed by atoms with Crippen LogP contribution in [0.2, 0.25) is 0 Å². The second-order valence-electron chi connectivity index (χ2n) is 3.54. The molecular formula is C13H15N3O. The number of hydrogen-bond donors (Lipinski definition) is 1. The van der Waals surface area contributed by atoms with E-state index in [9.17, 15) is 0 Å². The molecule has 88 valence electrons. The van der Waals surface area contributed by atoms with Crippen LogP contribution in [0.15, 0.2) is 48.9 Å². The van der Waals surface area contributed by atoms with Crippen LogP contribution in [0.25, 0.3) is 0 Å². The number of ether oxygens (including phenoxy) is 1. The van der Waals surface area contributed by atoms with Crippen LogP contribution >= 0.6 is 0 Å². The number of anilines is 1. The van der Waals surface area contributed by atoms with Crippen molar-refractivity contribution in [2.75, 3.05) is 18.5 Å². The smallest absolute Gasteiger partial charge is 0.129 e. The molecule has 1 N–H and O–H groups in total. The third-order valence-corrected chi connectivity index (χ3v) is 2.22. The molecule has 0 fully saturated rings. The van der Waals surface area contributed by atoms with E-state index in [4.69, 9.17) is 4.74 Å². The van der Waals surface area contributed by atoms with Gasteiger partial charge in [0.05, 0.1) is 6.61 Å². The molecule has 0 unspecified atom stereocenters. The van der Waals surface area contributed by atoms with Gasteiger partial charge in [0.1, 0.15) is 17.9 Å². The van der Waals surface area contributed by atoms with Gasteiger partial charge in [-0.15, -0.1) is 0 Å². The minimum absolute atomic E-state index is 0.697. The molecule has 0 atom stereocenters. The Bertz CT molecular complexity index is 378. The van der Waals surface area contributed by atoms with Gasteiger partial charge in [-0.3, -0.25) is 0 Å². The maximum atomic E-state index is 5.57. The summed E-state index contributed by atoms with van der Waals surface area (Å²) in [7, 11) is 0. The zero-order valence-electron chi connectivity index (χ0n) is 9.54. The molecule has 1 heterocycles. The van der Waals surface area contributed by atoms with E-state index in [2.05, 4.69) is 15.3 Å². The second-order valence-corrected chi connectivity index (χ2v) is 3.54. The van der Waals surface area contributed by atoms with Crippen LogP contribution in [0, 0.1) is 0 Å². The van der Waals surface area contributed by atoms with Crippen LogP contribution in [0.4, 0.5) is 5.82 Å². The van der Waals surface area contributed by atoms with Gasteiger partial charge in [-0.25, -0.2) is 9.97 Å². The standard InChI is InChI=1S/C13H15N3O/c1-2-5-12(6-3-1)17-10-4-8-15-13-7-9-14-11-16-13/h1-3,5-7,9,11H,4,8,10H2,(H,14,15,16). The quantitative estimate of drug-likeness (QED) is 0.772. The Hall–Kier alpha value is -2.10. The summed E-state index contributed by atoms with van der Waals surface area (Å²) < 4.78 is 5.57. The van der Waals surface area contributed by atoms with E-state index in [0.29, 0.717) is 6.61 Å². The topological polar surface area (TPSA) is 47.0 Å². The van der Waals surface area contributed by atoms with Crippen molar-refractivity contribution in [3.05, 3.63) is 48.9 Å². The summed E-state index contributed by atoms with van der Waals surface area (Å²) in [6.07, 6.45) is 4.18. The van der Waals surface area contributed by atoms with Crippen LogP contribution in [0.3, 0.4) is 0 Å². The number of hydrogen-bond acceptors (Lipinski definition) is 4. The van der Waals surface area contributed by atoms with Crippen molar-refractivity contribution in [3.63, 3.8) is 0 Å². The number of para-hydroxylation sites is 1. The molecule has 0 saturated heterocycles. The van der Waals surface area contributed by atoms with Gasteiger partial charge >= 0.3 is 0 Å².